The first-order chi connectivity index (χ1) is 10.8. The Kier molecular flexibility index (Phi) is 6.58. The van der Waals surface area contributed by atoms with Crippen molar-refractivity contribution in [2.24, 2.45) is 0 Å². The van der Waals surface area contributed by atoms with E-state index in [9.17, 15) is 4.79 Å². The lowest BCUT2D eigenvalue weighted by Crippen LogP contribution is -2.23. The van der Waals surface area contributed by atoms with Crippen molar-refractivity contribution < 1.29 is 9.53 Å². The molecule has 0 aliphatic heterocycles. The number of carbonyl (C=O) groups excluding carboxylic acids is 1. The molecule has 0 aliphatic rings. The van der Waals surface area contributed by atoms with Gasteiger partial charge in [-0.05, 0) is 24.3 Å². The maximum atomic E-state index is 11.8. The Balaban J connectivity index is 1.75. The minimum absolute atomic E-state index is 0.0976. The Morgan fingerprint density at radius 2 is 1.86 bits per heavy atom. The van der Waals surface area contributed by atoms with Crippen LogP contribution >= 0.6 is 11.8 Å². The summed E-state index contributed by atoms with van der Waals surface area (Å²) in [5.74, 6) is 1.50. The molecule has 0 atom stereocenters. The molecule has 4 heteroatoms. The van der Waals surface area contributed by atoms with Crippen molar-refractivity contribution in [1.82, 2.24) is 5.32 Å². The van der Waals surface area contributed by atoms with Gasteiger partial charge in [-0.2, -0.15) is 0 Å². The molecule has 0 saturated heterocycles. The van der Waals surface area contributed by atoms with E-state index in [4.69, 9.17) is 4.74 Å². The average molecular weight is 313 g/mol. The maximum Gasteiger partial charge on any atom is 0.244 e. The Labute approximate surface area is 135 Å². The fourth-order valence-electron chi connectivity index (χ4n) is 1.89. The Bertz CT molecular complexity index is 626. The molecule has 0 fully saturated rings. The van der Waals surface area contributed by atoms with Crippen LogP contribution in [0.4, 0.5) is 0 Å². The second kappa shape index (κ2) is 8.95. The van der Waals surface area contributed by atoms with Gasteiger partial charge in [-0.1, -0.05) is 36.4 Å². The second-order valence-electron chi connectivity index (χ2n) is 4.53. The Morgan fingerprint density at radius 3 is 2.64 bits per heavy atom. The van der Waals surface area contributed by atoms with Crippen molar-refractivity contribution in [2.75, 3.05) is 19.4 Å². The van der Waals surface area contributed by atoms with Crippen molar-refractivity contribution in [3.63, 3.8) is 0 Å². The molecule has 3 nitrogen and oxygen atoms in total. The van der Waals surface area contributed by atoms with Gasteiger partial charge in [0.1, 0.15) is 5.75 Å². The van der Waals surface area contributed by atoms with E-state index >= 15 is 0 Å². The van der Waals surface area contributed by atoms with Crippen LogP contribution in [-0.2, 0) is 4.79 Å². The largest absolute Gasteiger partial charge is 0.496 e. The second-order valence-corrected chi connectivity index (χ2v) is 5.70. The van der Waals surface area contributed by atoms with Crippen molar-refractivity contribution in [3.8, 4) is 5.75 Å². The fraction of sp³-hybridized carbons (Fsp3) is 0.167. The molecule has 2 aromatic rings. The van der Waals surface area contributed by atoms with Crippen molar-refractivity contribution >= 4 is 23.7 Å². The molecule has 2 aromatic carbocycles. The lowest BCUT2D eigenvalue weighted by molar-refractivity contribution is -0.116. The van der Waals surface area contributed by atoms with Crippen LogP contribution in [0.5, 0.6) is 5.75 Å². The number of amides is 1. The Hall–Kier alpha value is -2.20. The molecule has 114 valence electrons. The van der Waals surface area contributed by atoms with Crippen LogP contribution in [0.3, 0.4) is 0 Å². The van der Waals surface area contributed by atoms with E-state index in [-0.39, 0.29) is 5.91 Å². The maximum absolute atomic E-state index is 11.8. The molecule has 0 saturated carbocycles. The quantitative estimate of drug-likeness (QED) is 0.482. The van der Waals surface area contributed by atoms with Gasteiger partial charge in [0, 0.05) is 28.8 Å². The summed E-state index contributed by atoms with van der Waals surface area (Å²) in [6.07, 6.45) is 3.30. The van der Waals surface area contributed by atoms with Crippen LogP contribution in [0, 0.1) is 0 Å². The molecule has 2 rings (SSSR count). The molecule has 0 aromatic heterocycles. The number of thioether (sulfide) groups is 1. The van der Waals surface area contributed by atoms with Crippen LogP contribution < -0.4 is 10.1 Å². The number of hydrogen-bond donors (Lipinski definition) is 1. The highest BCUT2D eigenvalue weighted by Crippen LogP contribution is 2.18. The van der Waals surface area contributed by atoms with Crippen LogP contribution in [0.1, 0.15) is 5.56 Å². The summed E-state index contributed by atoms with van der Waals surface area (Å²) < 4.78 is 5.24. The van der Waals surface area contributed by atoms with Crippen molar-refractivity contribution in [1.29, 1.82) is 0 Å². The third-order valence-electron chi connectivity index (χ3n) is 2.97. The number of hydrogen-bond acceptors (Lipinski definition) is 3. The molecular formula is C18H19NO2S. The molecule has 1 N–H and O–H groups in total. The van der Waals surface area contributed by atoms with Crippen molar-refractivity contribution in [3.05, 3.63) is 66.2 Å². The van der Waals surface area contributed by atoms with E-state index in [1.54, 1.807) is 24.9 Å². The van der Waals surface area contributed by atoms with Crippen LogP contribution in [0.2, 0.25) is 0 Å². The molecule has 0 radical (unpaired) electrons. The highest BCUT2D eigenvalue weighted by Gasteiger charge is 1.99. The van der Waals surface area contributed by atoms with Gasteiger partial charge in [0.25, 0.3) is 0 Å². The smallest absolute Gasteiger partial charge is 0.244 e. The van der Waals surface area contributed by atoms with Crippen molar-refractivity contribution in [2.45, 2.75) is 4.90 Å². The minimum Gasteiger partial charge on any atom is -0.496 e. The molecule has 1 amide bonds. The highest BCUT2D eigenvalue weighted by molar-refractivity contribution is 7.99. The number of para-hydroxylation sites is 1. The minimum atomic E-state index is -0.0976. The molecule has 0 bridgehead atoms. The zero-order chi connectivity index (χ0) is 15.6. The lowest BCUT2D eigenvalue weighted by atomic mass is 10.2. The summed E-state index contributed by atoms with van der Waals surface area (Å²) in [4.78, 5) is 13.0. The van der Waals surface area contributed by atoms with Gasteiger partial charge in [0.05, 0.1) is 7.11 Å². The summed E-state index contributed by atoms with van der Waals surface area (Å²) in [5, 5.41) is 2.87. The van der Waals surface area contributed by atoms with Crippen LogP contribution in [-0.4, -0.2) is 25.3 Å². The van der Waals surface area contributed by atoms with Crippen LogP contribution in [0.15, 0.2) is 65.6 Å². The monoisotopic (exact) mass is 313 g/mol. The molecular weight excluding hydrogens is 294 g/mol. The standard InChI is InChI=1S/C18H19NO2S/c1-21-17-10-6-5-7-15(17)11-12-18(20)19-13-14-22-16-8-3-2-4-9-16/h2-12H,13-14H2,1H3,(H,19,20)/b12-11+. The SMILES string of the molecule is COc1ccccc1/C=C/C(=O)NCCSc1ccccc1. The topological polar surface area (TPSA) is 38.3 Å². The zero-order valence-electron chi connectivity index (χ0n) is 12.5. The highest BCUT2D eigenvalue weighted by atomic mass is 32.2. The predicted molar refractivity (Wildman–Crippen MR) is 92.2 cm³/mol. The van der Waals surface area contributed by atoms with Gasteiger partial charge >= 0.3 is 0 Å². The fourth-order valence-corrected chi connectivity index (χ4v) is 2.68. The number of nitrogens with one attached hydrogen (secondary N) is 1. The summed E-state index contributed by atoms with van der Waals surface area (Å²) in [5.41, 5.74) is 0.888. The van der Waals surface area contributed by atoms with E-state index in [1.165, 1.54) is 11.0 Å². The number of methoxy groups -OCH3 is 1. The normalized spacial score (nSPS) is 10.6. The van der Waals surface area contributed by atoms with E-state index in [2.05, 4.69) is 17.4 Å². The molecule has 0 unspecified atom stereocenters. The van der Waals surface area contributed by atoms with E-state index in [0.717, 1.165) is 17.1 Å². The zero-order valence-corrected chi connectivity index (χ0v) is 13.3. The number of rotatable bonds is 7. The molecule has 0 heterocycles. The predicted octanol–water partition coefficient (Wildman–Crippen LogP) is 3.62. The molecule has 0 spiro atoms. The van der Waals surface area contributed by atoms with E-state index < -0.39 is 0 Å². The van der Waals surface area contributed by atoms with Gasteiger partial charge in [0.2, 0.25) is 5.91 Å². The summed E-state index contributed by atoms with van der Waals surface area (Å²) in [6, 6.07) is 17.7. The molecule has 0 aliphatic carbocycles. The number of benzene rings is 2. The summed E-state index contributed by atoms with van der Waals surface area (Å²) >= 11 is 1.72. The average Bonchev–Trinajstić information content (AvgIpc) is 2.58. The first kappa shape index (κ1) is 16.2. The van der Waals surface area contributed by atoms with E-state index in [0.29, 0.717) is 6.54 Å². The first-order valence-electron chi connectivity index (χ1n) is 7.06. The number of carbonyl (C=O) groups is 1. The van der Waals surface area contributed by atoms with E-state index in [1.807, 2.05) is 42.5 Å². The molecule has 22 heavy (non-hydrogen) atoms. The third kappa shape index (κ3) is 5.30. The van der Waals surface area contributed by atoms with Gasteiger partial charge < -0.3 is 10.1 Å². The van der Waals surface area contributed by atoms with Gasteiger partial charge in [-0.3, -0.25) is 4.79 Å². The van der Waals surface area contributed by atoms with Crippen LogP contribution in [0.25, 0.3) is 6.08 Å². The van der Waals surface area contributed by atoms with Gasteiger partial charge in [-0.15, -0.1) is 11.8 Å². The summed E-state index contributed by atoms with van der Waals surface area (Å²) in [7, 11) is 1.62. The summed E-state index contributed by atoms with van der Waals surface area (Å²) in [6.45, 7) is 0.634. The first-order valence-corrected chi connectivity index (χ1v) is 8.05. The number of ether oxygens (including phenoxy) is 1. The van der Waals surface area contributed by atoms with Gasteiger partial charge in [0.15, 0.2) is 0 Å². The third-order valence-corrected chi connectivity index (χ3v) is 3.98. The van der Waals surface area contributed by atoms with Gasteiger partial charge in [-0.25, -0.2) is 0 Å². The Morgan fingerprint density at radius 1 is 1.14 bits per heavy atom. The lowest BCUT2D eigenvalue weighted by Gasteiger charge is -2.04.